The second kappa shape index (κ2) is 8.82. The van der Waals surface area contributed by atoms with Gasteiger partial charge in [0.2, 0.25) is 5.89 Å². The van der Waals surface area contributed by atoms with Gasteiger partial charge in [-0.15, -0.1) is 0 Å². The zero-order chi connectivity index (χ0) is 20.9. The fourth-order valence-electron chi connectivity index (χ4n) is 2.96. The number of benzene rings is 2. The predicted molar refractivity (Wildman–Crippen MR) is 114 cm³/mol. The van der Waals surface area contributed by atoms with Crippen LogP contribution in [-0.4, -0.2) is 29.5 Å². The Kier molecular flexibility index (Phi) is 5.79. The molecular weight excluding hydrogens is 380 g/mol. The van der Waals surface area contributed by atoms with Gasteiger partial charge in [0.1, 0.15) is 6.26 Å². The van der Waals surface area contributed by atoms with Crippen LogP contribution in [0, 0.1) is 6.92 Å². The smallest absolute Gasteiger partial charge is 0.319 e. The quantitative estimate of drug-likeness (QED) is 0.556. The molecule has 1 aliphatic carbocycles. The van der Waals surface area contributed by atoms with Crippen molar-refractivity contribution in [3.63, 3.8) is 0 Å². The molecule has 2 aromatic carbocycles. The molecule has 7 nitrogen and oxygen atoms in total. The van der Waals surface area contributed by atoms with Crippen LogP contribution in [0.25, 0.3) is 11.5 Å². The topological polar surface area (TPSA) is 96.3 Å². The van der Waals surface area contributed by atoms with E-state index in [1.165, 1.54) is 5.56 Å². The number of oxazole rings is 1. The molecular formula is C23H24N4O3. The molecule has 1 fully saturated rings. The third-order valence-corrected chi connectivity index (χ3v) is 4.81. The molecule has 1 saturated carbocycles. The Morgan fingerprint density at radius 1 is 1.13 bits per heavy atom. The molecule has 1 aromatic heterocycles. The zero-order valence-corrected chi connectivity index (χ0v) is 16.8. The van der Waals surface area contributed by atoms with Gasteiger partial charge in [-0.3, -0.25) is 4.79 Å². The number of nitrogens with zero attached hydrogens (tertiary/aromatic N) is 1. The normalized spacial score (nSPS) is 13.0. The number of anilines is 1. The summed E-state index contributed by atoms with van der Waals surface area (Å²) in [5, 5.41) is 8.49. The third kappa shape index (κ3) is 5.26. The maximum absolute atomic E-state index is 12.2. The average Bonchev–Trinajstić information content (AvgIpc) is 3.43. The van der Waals surface area contributed by atoms with Crippen molar-refractivity contribution in [3.8, 4) is 11.5 Å². The highest BCUT2D eigenvalue weighted by Crippen LogP contribution is 2.20. The summed E-state index contributed by atoms with van der Waals surface area (Å²) < 4.78 is 5.53. The molecule has 7 heteroatoms. The van der Waals surface area contributed by atoms with E-state index < -0.39 is 0 Å². The fourth-order valence-corrected chi connectivity index (χ4v) is 2.96. The maximum Gasteiger partial charge on any atom is 0.319 e. The number of urea groups is 1. The molecule has 0 spiro atoms. The summed E-state index contributed by atoms with van der Waals surface area (Å²) in [6, 6.07) is 14.8. The molecule has 1 heterocycles. The van der Waals surface area contributed by atoms with Crippen molar-refractivity contribution in [2.75, 3.05) is 11.9 Å². The number of amides is 3. The lowest BCUT2D eigenvalue weighted by molar-refractivity contribution is 0.0951. The highest BCUT2D eigenvalue weighted by molar-refractivity contribution is 5.97. The van der Waals surface area contributed by atoms with Gasteiger partial charge in [-0.2, -0.15) is 0 Å². The summed E-state index contributed by atoms with van der Waals surface area (Å²) >= 11 is 0. The Morgan fingerprint density at radius 3 is 2.70 bits per heavy atom. The van der Waals surface area contributed by atoms with Gasteiger partial charge in [-0.05, 0) is 50.1 Å². The van der Waals surface area contributed by atoms with Crippen LogP contribution < -0.4 is 16.0 Å². The maximum atomic E-state index is 12.2. The lowest BCUT2D eigenvalue weighted by Gasteiger charge is -2.09. The monoisotopic (exact) mass is 404 g/mol. The van der Waals surface area contributed by atoms with Crippen molar-refractivity contribution in [2.24, 2.45) is 0 Å². The summed E-state index contributed by atoms with van der Waals surface area (Å²) in [7, 11) is 0. The Morgan fingerprint density at radius 2 is 1.93 bits per heavy atom. The van der Waals surface area contributed by atoms with Gasteiger partial charge in [0, 0.05) is 35.8 Å². The van der Waals surface area contributed by atoms with Crippen LogP contribution in [0.2, 0.25) is 0 Å². The van der Waals surface area contributed by atoms with Gasteiger partial charge in [0.05, 0.1) is 5.69 Å². The molecule has 3 N–H and O–H groups in total. The van der Waals surface area contributed by atoms with Crippen molar-refractivity contribution in [3.05, 3.63) is 71.6 Å². The van der Waals surface area contributed by atoms with Gasteiger partial charge in [0.15, 0.2) is 0 Å². The molecule has 0 atom stereocenters. The van der Waals surface area contributed by atoms with E-state index >= 15 is 0 Å². The van der Waals surface area contributed by atoms with Crippen molar-refractivity contribution in [1.29, 1.82) is 0 Å². The van der Waals surface area contributed by atoms with Crippen molar-refractivity contribution in [1.82, 2.24) is 15.6 Å². The lowest BCUT2D eigenvalue weighted by atomic mass is 10.1. The molecule has 0 saturated heterocycles. The molecule has 30 heavy (non-hydrogen) atoms. The van der Waals surface area contributed by atoms with E-state index in [0.29, 0.717) is 36.1 Å². The molecule has 4 rings (SSSR count). The third-order valence-electron chi connectivity index (χ3n) is 4.81. The van der Waals surface area contributed by atoms with Gasteiger partial charge < -0.3 is 20.4 Å². The second-order valence-electron chi connectivity index (χ2n) is 7.47. The van der Waals surface area contributed by atoms with E-state index in [-0.39, 0.29) is 11.9 Å². The fraction of sp³-hybridized carbons (Fsp3) is 0.261. The predicted octanol–water partition coefficient (Wildman–Crippen LogP) is 3.91. The Hall–Kier alpha value is -3.61. The molecule has 1 aliphatic rings. The first-order valence-electron chi connectivity index (χ1n) is 10.0. The summed E-state index contributed by atoms with van der Waals surface area (Å²) in [5.41, 5.74) is 3.97. The van der Waals surface area contributed by atoms with E-state index in [1.54, 1.807) is 30.5 Å². The molecule has 3 aromatic rings. The molecule has 154 valence electrons. The summed E-state index contributed by atoms with van der Waals surface area (Å²) in [6.07, 6.45) is 4.22. The molecule has 0 bridgehead atoms. The van der Waals surface area contributed by atoms with E-state index in [4.69, 9.17) is 4.42 Å². The minimum Gasteiger partial charge on any atom is -0.444 e. The first-order valence-corrected chi connectivity index (χ1v) is 10.0. The standard InChI is InChI=1S/C23H24N4O3/c1-15-5-7-16(8-6-15)22-26-20(14-30-22)11-12-24-23(29)27-19-4-2-3-17(13-19)21(28)25-18-9-10-18/h2-8,13-14,18H,9-12H2,1H3,(H,25,28)(H2,24,27,29). The van der Waals surface area contributed by atoms with Crippen LogP contribution in [0.1, 0.15) is 34.5 Å². The van der Waals surface area contributed by atoms with Gasteiger partial charge >= 0.3 is 6.03 Å². The molecule has 3 amide bonds. The first kappa shape index (κ1) is 19.7. The number of carbonyl (C=O) groups is 2. The van der Waals surface area contributed by atoms with Crippen molar-refractivity contribution in [2.45, 2.75) is 32.2 Å². The summed E-state index contributed by atoms with van der Waals surface area (Å²) in [6.45, 7) is 2.44. The van der Waals surface area contributed by atoms with Crippen LogP contribution in [0.5, 0.6) is 0 Å². The van der Waals surface area contributed by atoms with Gasteiger partial charge in [-0.1, -0.05) is 23.8 Å². The number of aromatic nitrogens is 1. The molecule has 0 aliphatic heterocycles. The van der Waals surface area contributed by atoms with E-state index in [0.717, 1.165) is 24.1 Å². The van der Waals surface area contributed by atoms with Crippen LogP contribution in [0.3, 0.4) is 0 Å². The average molecular weight is 404 g/mol. The Balaban J connectivity index is 1.25. The van der Waals surface area contributed by atoms with Crippen LogP contribution in [0.4, 0.5) is 10.5 Å². The summed E-state index contributed by atoms with van der Waals surface area (Å²) in [5.74, 6) is 0.452. The van der Waals surface area contributed by atoms with E-state index in [9.17, 15) is 9.59 Å². The first-order chi connectivity index (χ1) is 14.6. The lowest BCUT2D eigenvalue weighted by Crippen LogP contribution is -2.30. The number of aryl methyl sites for hydroxylation is 1. The van der Waals surface area contributed by atoms with Crippen molar-refractivity contribution >= 4 is 17.6 Å². The van der Waals surface area contributed by atoms with Crippen LogP contribution in [0.15, 0.2) is 59.2 Å². The number of rotatable bonds is 7. The highest BCUT2D eigenvalue weighted by atomic mass is 16.3. The van der Waals surface area contributed by atoms with Gasteiger partial charge in [-0.25, -0.2) is 9.78 Å². The number of hydrogen-bond acceptors (Lipinski definition) is 4. The van der Waals surface area contributed by atoms with E-state index in [1.807, 2.05) is 31.2 Å². The van der Waals surface area contributed by atoms with Gasteiger partial charge in [0.25, 0.3) is 5.91 Å². The second-order valence-corrected chi connectivity index (χ2v) is 7.47. The minimum absolute atomic E-state index is 0.114. The number of hydrogen-bond donors (Lipinski definition) is 3. The largest absolute Gasteiger partial charge is 0.444 e. The summed E-state index contributed by atoms with van der Waals surface area (Å²) in [4.78, 5) is 28.8. The minimum atomic E-state index is -0.336. The molecule has 0 radical (unpaired) electrons. The zero-order valence-electron chi connectivity index (χ0n) is 16.8. The Labute approximate surface area is 174 Å². The number of carbonyl (C=O) groups excluding carboxylic acids is 2. The van der Waals surface area contributed by atoms with E-state index in [2.05, 4.69) is 20.9 Å². The van der Waals surface area contributed by atoms with Crippen LogP contribution >= 0.6 is 0 Å². The highest BCUT2D eigenvalue weighted by Gasteiger charge is 2.23. The molecule has 0 unspecified atom stereocenters. The van der Waals surface area contributed by atoms with Crippen LogP contribution in [-0.2, 0) is 6.42 Å². The number of nitrogens with one attached hydrogen (secondary N) is 3. The SMILES string of the molecule is Cc1ccc(-c2nc(CCNC(=O)Nc3cccc(C(=O)NC4CC4)c3)co2)cc1. The Bertz CT molecular complexity index is 1040. The van der Waals surface area contributed by atoms with Crippen molar-refractivity contribution < 1.29 is 14.0 Å².